The van der Waals surface area contributed by atoms with Gasteiger partial charge in [-0.25, -0.2) is 9.13 Å². The minimum atomic E-state index is 0.831. The highest BCUT2D eigenvalue weighted by Gasteiger charge is 2.32. The zero-order chi connectivity index (χ0) is 34.4. The summed E-state index contributed by atoms with van der Waals surface area (Å²) in [7, 11) is 0. The Hall–Kier alpha value is -5.74. The van der Waals surface area contributed by atoms with Gasteiger partial charge in [-0.15, -0.1) is 0 Å². The summed E-state index contributed by atoms with van der Waals surface area (Å²) in [4.78, 5) is 0. The first-order valence-corrected chi connectivity index (χ1v) is 19.2. The molecule has 8 aromatic rings. The van der Waals surface area contributed by atoms with E-state index in [9.17, 15) is 0 Å². The van der Waals surface area contributed by atoms with Gasteiger partial charge in [-0.3, -0.25) is 0 Å². The largest absolute Gasteiger partial charge is 0.250 e. The van der Waals surface area contributed by atoms with Crippen LogP contribution in [0, 0.1) is 0 Å². The van der Waals surface area contributed by atoms with Crippen LogP contribution in [0.3, 0.4) is 0 Å². The van der Waals surface area contributed by atoms with Gasteiger partial charge in [0.2, 0.25) is 12.7 Å². The molecular weight excluding hydrogens is 633 g/mol. The molecule has 2 aliphatic rings. The summed E-state index contributed by atoms with van der Waals surface area (Å²) >= 11 is 0. The Balaban J connectivity index is 1.25. The lowest BCUT2D eigenvalue weighted by atomic mass is 9.79. The van der Waals surface area contributed by atoms with Gasteiger partial charge >= 0.3 is 0 Å². The van der Waals surface area contributed by atoms with Gasteiger partial charge in [0.1, 0.15) is 24.5 Å². The quantitative estimate of drug-likeness (QED) is 0.150. The fraction of sp³-hybridized carbons (Fsp3) is 0.208. The van der Waals surface area contributed by atoms with Gasteiger partial charge < -0.3 is 0 Å². The predicted molar refractivity (Wildman–Crippen MR) is 210 cm³/mol. The van der Waals surface area contributed by atoms with E-state index in [1.54, 1.807) is 11.1 Å². The highest BCUT2D eigenvalue weighted by molar-refractivity contribution is 5.90. The van der Waals surface area contributed by atoms with E-state index in [0.717, 1.165) is 38.8 Å². The summed E-state index contributed by atoms with van der Waals surface area (Å²) in [5.74, 6) is 0. The third-order valence-corrected chi connectivity index (χ3v) is 11.6. The molecule has 2 heterocycles. The minimum Gasteiger partial charge on any atom is -0.225 e. The molecule has 10 rings (SSSR count). The molecule has 4 nitrogen and oxygen atoms in total. The molecule has 6 aromatic carbocycles. The highest BCUT2D eigenvalue weighted by atomic mass is 15.2. The number of rotatable bonds is 7. The molecule has 2 aromatic heterocycles. The van der Waals surface area contributed by atoms with Crippen molar-refractivity contribution in [3.63, 3.8) is 0 Å². The van der Waals surface area contributed by atoms with Crippen molar-refractivity contribution in [3.8, 4) is 22.5 Å². The Labute approximate surface area is 305 Å². The van der Waals surface area contributed by atoms with Crippen LogP contribution in [0.15, 0.2) is 146 Å². The number of nitrogens with zero attached hydrogens (tertiary/aromatic N) is 4. The molecule has 0 radical (unpaired) electrons. The maximum Gasteiger partial charge on any atom is 0.250 e. The summed E-state index contributed by atoms with van der Waals surface area (Å²) in [6.45, 7) is 1.66. The molecule has 0 N–H and O–H groups in total. The fourth-order valence-corrected chi connectivity index (χ4v) is 9.14. The molecular formula is C48H44N4+2. The molecule has 0 atom stereocenters. The average molecular weight is 677 g/mol. The van der Waals surface area contributed by atoms with Crippen LogP contribution in [-0.2, 0) is 38.8 Å². The molecule has 254 valence electrons. The topological polar surface area (TPSA) is 17.6 Å². The molecule has 4 heteroatoms. The van der Waals surface area contributed by atoms with E-state index < -0.39 is 0 Å². The van der Waals surface area contributed by atoms with Crippen molar-refractivity contribution in [2.45, 2.75) is 64.5 Å². The second-order valence-electron chi connectivity index (χ2n) is 14.8. The van der Waals surface area contributed by atoms with E-state index in [-0.39, 0.29) is 0 Å². The second kappa shape index (κ2) is 13.1. The Kier molecular flexibility index (Phi) is 7.82. The predicted octanol–water partition coefficient (Wildman–Crippen LogP) is 9.67. The number of hydrogen-bond acceptors (Lipinski definition) is 0. The van der Waals surface area contributed by atoms with Crippen molar-refractivity contribution >= 4 is 22.1 Å². The van der Waals surface area contributed by atoms with E-state index in [0.29, 0.717) is 0 Å². The van der Waals surface area contributed by atoms with Crippen molar-refractivity contribution in [2.75, 3.05) is 0 Å². The van der Waals surface area contributed by atoms with Crippen LogP contribution in [0.5, 0.6) is 0 Å². The molecule has 0 aliphatic heterocycles. The summed E-state index contributed by atoms with van der Waals surface area (Å²) < 4.78 is 9.86. The Morgan fingerprint density at radius 2 is 0.808 bits per heavy atom. The zero-order valence-electron chi connectivity index (χ0n) is 29.7. The van der Waals surface area contributed by atoms with Gasteiger partial charge in [0.05, 0.1) is 0 Å². The number of hydrogen-bond donors (Lipinski definition) is 0. The number of fused-ring (bicyclic) bond motifs is 4. The number of aryl methyl sites for hydroxylation is 2. The van der Waals surface area contributed by atoms with Crippen LogP contribution >= 0.6 is 0 Å². The molecule has 52 heavy (non-hydrogen) atoms. The van der Waals surface area contributed by atoms with Crippen LogP contribution in [-0.4, -0.2) is 9.13 Å². The van der Waals surface area contributed by atoms with E-state index in [2.05, 4.69) is 164 Å². The number of aromatic nitrogens is 4. The third kappa shape index (κ3) is 5.36. The smallest absolute Gasteiger partial charge is 0.225 e. The second-order valence-corrected chi connectivity index (χ2v) is 14.8. The molecule has 0 amide bonds. The summed E-state index contributed by atoms with van der Waals surface area (Å²) in [5, 5.41) is 0. The fourth-order valence-electron chi connectivity index (χ4n) is 9.14. The Morgan fingerprint density at radius 3 is 1.27 bits per heavy atom. The van der Waals surface area contributed by atoms with Gasteiger partial charge in [-0.05, 0) is 121 Å². The van der Waals surface area contributed by atoms with Crippen LogP contribution in [0.25, 0.3) is 44.6 Å². The number of imidazole rings is 2. The molecule has 0 unspecified atom stereocenters. The lowest BCUT2D eigenvalue weighted by Gasteiger charge is -2.26. The summed E-state index contributed by atoms with van der Waals surface area (Å²) in [5.41, 5.74) is 19.2. The van der Waals surface area contributed by atoms with E-state index in [1.165, 1.54) is 92.5 Å². The van der Waals surface area contributed by atoms with E-state index in [1.807, 2.05) is 0 Å². The summed E-state index contributed by atoms with van der Waals surface area (Å²) in [6, 6.07) is 49.4. The number of benzene rings is 6. The average Bonchev–Trinajstić information content (AvgIpc) is 3.76. The normalized spacial score (nSPS) is 14.1. The van der Waals surface area contributed by atoms with E-state index in [4.69, 9.17) is 0 Å². The monoisotopic (exact) mass is 676 g/mol. The van der Waals surface area contributed by atoms with Gasteiger partial charge in [-0.1, -0.05) is 97.1 Å². The third-order valence-electron chi connectivity index (χ3n) is 11.6. The maximum absolute atomic E-state index is 2.50. The first kappa shape index (κ1) is 31.0. The van der Waals surface area contributed by atoms with Crippen molar-refractivity contribution in [2.24, 2.45) is 0 Å². The van der Waals surface area contributed by atoms with Crippen molar-refractivity contribution in [1.82, 2.24) is 9.13 Å². The van der Waals surface area contributed by atoms with Crippen molar-refractivity contribution in [3.05, 3.63) is 179 Å². The molecule has 0 spiro atoms. The van der Waals surface area contributed by atoms with Crippen LogP contribution in [0.4, 0.5) is 0 Å². The highest BCUT2D eigenvalue weighted by Crippen LogP contribution is 2.44. The molecule has 2 aliphatic carbocycles. The van der Waals surface area contributed by atoms with Crippen molar-refractivity contribution in [1.29, 1.82) is 0 Å². The van der Waals surface area contributed by atoms with Gasteiger partial charge in [0.15, 0.2) is 22.1 Å². The lowest BCUT2D eigenvalue weighted by Crippen LogP contribution is -2.32. The molecule has 0 saturated carbocycles. The molecule has 0 fully saturated rings. The van der Waals surface area contributed by atoms with Gasteiger partial charge in [0.25, 0.3) is 0 Å². The van der Waals surface area contributed by atoms with E-state index >= 15 is 0 Å². The van der Waals surface area contributed by atoms with Gasteiger partial charge in [0, 0.05) is 11.1 Å². The molecule has 0 bridgehead atoms. The Bertz CT molecular complexity index is 2390. The standard InChI is InChI=1S/C48H44N4/c1-3-15-35(16-4-1)31-49-33-51(43-25-13-11-23-41(43)49)45-29-27-37-19-7-9-21-39(37)47(45)48-40-22-10-8-20-38(40)28-30-46(48)52-34-50(32-36-17-5-2-6-18-36)42-24-12-14-26-44(42)52/h1-6,11-18,23-30,33-34H,7-10,19-22,31-32H2/q+2. The first-order chi connectivity index (χ1) is 25.8. The van der Waals surface area contributed by atoms with Crippen LogP contribution in [0.2, 0.25) is 0 Å². The summed E-state index contributed by atoms with van der Waals surface area (Å²) in [6.07, 6.45) is 14.2. The SMILES string of the molecule is c1ccc(C[n+]2cn(-c3ccc4c(c3-c3c(-n5c[n+](Cc6ccccc6)c6ccccc65)ccc5c3CCCC5)CCCC4)c3ccccc32)cc1. The lowest BCUT2D eigenvalue weighted by molar-refractivity contribution is -0.663. The minimum absolute atomic E-state index is 0.831. The number of para-hydroxylation sites is 4. The first-order valence-electron chi connectivity index (χ1n) is 19.2. The Morgan fingerprint density at radius 1 is 0.404 bits per heavy atom. The van der Waals surface area contributed by atoms with Crippen LogP contribution in [0.1, 0.15) is 59.1 Å². The maximum atomic E-state index is 2.50. The molecule has 0 saturated heterocycles. The van der Waals surface area contributed by atoms with Crippen molar-refractivity contribution < 1.29 is 9.13 Å². The van der Waals surface area contributed by atoms with Crippen LogP contribution < -0.4 is 9.13 Å². The van der Waals surface area contributed by atoms with Gasteiger partial charge in [-0.2, -0.15) is 9.13 Å². The zero-order valence-corrected chi connectivity index (χ0v) is 29.7.